The SMILES string of the molecule is CN(C)[C@@H]1CCN(c2c(F)cc3[nH]c(-c4cc(C#N)ccc4Cl)cc(=O)c3c2F)C1. The van der Waals surface area contributed by atoms with E-state index in [9.17, 15) is 9.18 Å². The molecule has 0 unspecified atom stereocenters. The number of rotatable bonds is 3. The van der Waals surface area contributed by atoms with Gasteiger partial charge in [0, 0.05) is 41.9 Å². The molecule has 1 N–H and O–H groups in total. The number of hydrogen-bond donors (Lipinski definition) is 1. The van der Waals surface area contributed by atoms with Crippen LogP contribution in [0.3, 0.4) is 0 Å². The van der Waals surface area contributed by atoms with E-state index in [4.69, 9.17) is 16.9 Å². The standard InChI is InChI=1S/C22H19ClF2N4O/c1-28(2)13-5-6-29(11-13)22-16(24)8-18-20(21(22)25)19(30)9-17(27-18)14-7-12(10-26)3-4-15(14)23/h3-4,7-9,13H,5-6,11H2,1-2H3,(H,27,30)/t13-/m1/s1. The lowest BCUT2D eigenvalue weighted by Gasteiger charge is -2.23. The number of anilines is 1. The molecule has 5 nitrogen and oxygen atoms in total. The number of benzene rings is 2. The average Bonchev–Trinajstić information content (AvgIpc) is 3.17. The minimum atomic E-state index is -0.867. The summed E-state index contributed by atoms with van der Waals surface area (Å²) in [5.74, 6) is -1.60. The summed E-state index contributed by atoms with van der Waals surface area (Å²) in [6.07, 6.45) is 0.785. The highest BCUT2D eigenvalue weighted by atomic mass is 35.5. The first-order valence-corrected chi connectivity index (χ1v) is 9.84. The summed E-state index contributed by atoms with van der Waals surface area (Å²) in [4.78, 5) is 19.4. The zero-order valence-electron chi connectivity index (χ0n) is 16.5. The molecule has 0 radical (unpaired) electrons. The van der Waals surface area contributed by atoms with Gasteiger partial charge in [0.2, 0.25) is 0 Å². The molecule has 2 aromatic carbocycles. The predicted molar refractivity (Wildman–Crippen MR) is 114 cm³/mol. The molecule has 0 bridgehead atoms. The van der Waals surface area contributed by atoms with Crippen LogP contribution in [0.1, 0.15) is 12.0 Å². The van der Waals surface area contributed by atoms with Gasteiger partial charge in [-0.1, -0.05) is 11.6 Å². The van der Waals surface area contributed by atoms with Gasteiger partial charge in [-0.05, 0) is 38.7 Å². The van der Waals surface area contributed by atoms with Gasteiger partial charge in [-0.25, -0.2) is 8.78 Å². The van der Waals surface area contributed by atoms with Crippen molar-refractivity contribution in [2.45, 2.75) is 12.5 Å². The van der Waals surface area contributed by atoms with E-state index in [2.05, 4.69) is 4.98 Å². The lowest BCUT2D eigenvalue weighted by molar-refractivity contribution is 0.315. The van der Waals surface area contributed by atoms with Crippen molar-refractivity contribution in [3.05, 3.63) is 62.8 Å². The van der Waals surface area contributed by atoms with Gasteiger partial charge in [-0.2, -0.15) is 5.26 Å². The topological polar surface area (TPSA) is 63.1 Å². The summed E-state index contributed by atoms with van der Waals surface area (Å²) in [6, 6.07) is 9.17. The molecule has 3 aromatic rings. The summed E-state index contributed by atoms with van der Waals surface area (Å²) >= 11 is 6.21. The number of pyridine rings is 1. The number of likely N-dealkylation sites (N-methyl/N-ethyl adjacent to an activating group) is 1. The molecule has 1 aromatic heterocycles. The second kappa shape index (κ2) is 7.71. The first kappa shape index (κ1) is 20.3. The molecule has 30 heavy (non-hydrogen) atoms. The highest BCUT2D eigenvalue weighted by Gasteiger charge is 2.29. The first-order valence-electron chi connectivity index (χ1n) is 9.46. The lowest BCUT2D eigenvalue weighted by atomic mass is 10.1. The van der Waals surface area contributed by atoms with E-state index in [1.165, 1.54) is 18.2 Å². The molecule has 1 saturated heterocycles. The second-order valence-electron chi connectivity index (χ2n) is 7.65. The third-order valence-corrected chi connectivity index (χ3v) is 5.91. The number of nitrogens with one attached hydrogen (secondary N) is 1. The van der Waals surface area contributed by atoms with Crippen molar-refractivity contribution in [3.8, 4) is 17.3 Å². The van der Waals surface area contributed by atoms with Crippen LogP contribution in [-0.4, -0.2) is 43.1 Å². The van der Waals surface area contributed by atoms with Crippen molar-refractivity contribution in [1.82, 2.24) is 9.88 Å². The third kappa shape index (κ3) is 3.42. The Balaban J connectivity index is 1.85. The molecule has 4 rings (SSSR count). The third-order valence-electron chi connectivity index (χ3n) is 5.58. The van der Waals surface area contributed by atoms with E-state index in [1.54, 1.807) is 11.0 Å². The quantitative estimate of drug-likeness (QED) is 0.681. The van der Waals surface area contributed by atoms with Crippen molar-refractivity contribution < 1.29 is 8.78 Å². The lowest BCUT2D eigenvalue weighted by Crippen LogP contribution is -2.32. The fourth-order valence-corrected chi connectivity index (χ4v) is 4.15. The maximum absolute atomic E-state index is 15.3. The molecular formula is C22H19ClF2N4O. The molecule has 0 spiro atoms. The van der Waals surface area contributed by atoms with Gasteiger partial charge in [0.25, 0.3) is 0 Å². The minimum Gasteiger partial charge on any atom is -0.365 e. The first-order chi connectivity index (χ1) is 14.3. The van der Waals surface area contributed by atoms with Crippen LogP contribution in [0.2, 0.25) is 5.02 Å². The van der Waals surface area contributed by atoms with Crippen molar-refractivity contribution in [2.75, 3.05) is 32.1 Å². The molecule has 2 heterocycles. The summed E-state index contributed by atoms with van der Waals surface area (Å²) in [5.41, 5.74) is 0.336. The molecule has 1 aliphatic rings. The Morgan fingerprint density at radius 3 is 2.70 bits per heavy atom. The maximum atomic E-state index is 15.3. The zero-order chi connectivity index (χ0) is 21.6. The zero-order valence-corrected chi connectivity index (χ0v) is 17.2. The van der Waals surface area contributed by atoms with Crippen LogP contribution in [0.25, 0.3) is 22.2 Å². The molecular weight excluding hydrogens is 410 g/mol. The van der Waals surface area contributed by atoms with Gasteiger partial charge in [-0.3, -0.25) is 4.79 Å². The number of nitrogens with zero attached hydrogens (tertiary/aromatic N) is 3. The number of halogens is 3. The summed E-state index contributed by atoms with van der Waals surface area (Å²) in [7, 11) is 3.86. The van der Waals surface area contributed by atoms with Gasteiger partial charge in [-0.15, -0.1) is 0 Å². The maximum Gasteiger partial charge on any atom is 0.193 e. The Morgan fingerprint density at radius 2 is 2.03 bits per heavy atom. The van der Waals surface area contributed by atoms with Crippen molar-refractivity contribution in [1.29, 1.82) is 5.26 Å². The summed E-state index contributed by atoms with van der Waals surface area (Å²) < 4.78 is 30.3. The van der Waals surface area contributed by atoms with E-state index in [0.29, 0.717) is 29.2 Å². The second-order valence-corrected chi connectivity index (χ2v) is 8.06. The van der Waals surface area contributed by atoms with Crippen LogP contribution >= 0.6 is 11.6 Å². The number of fused-ring (bicyclic) bond motifs is 1. The van der Waals surface area contributed by atoms with Crippen molar-refractivity contribution in [3.63, 3.8) is 0 Å². The summed E-state index contributed by atoms with van der Waals surface area (Å²) in [6.45, 7) is 0.994. The molecule has 0 saturated carbocycles. The largest absolute Gasteiger partial charge is 0.365 e. The van der Waals surface area contributed by atoms with Crippen LogP contribution in [-0.2, 0) is 0 Å². The smallest absolute Gasteiger partial charge is 0.193 e. The molecule has 154 valence electrons. The van der Waals surface area contributed by atoms with Crippen LogP contribution in [0.15, 0.2) is 35.1 Å². The van der Waals surface area contributed by atoms with Crippen molar-refractivity contribution in [2.24, 2.45) is 0 Å². The molecule has 8 heteroatoms. The predicted octanol–water partition coefficient (Wildman–Crippen LogP) is 4.14. The van der Waals surface area contributed by atoms with E-state index in [1.807, 2.05) is 25.1 Å². The molecule has 0 amide bonds. The Kier molecular flexibility index (Phi) is 5.22. The van der Waals surface area contributed by atoms with E-state index >= 15 is 4.39 Å². The highest BCUT2D eigenvalue weighted by Crippen LogP contribution is 2.33. The van der Waals surface area contributed by atoms with E-state index in [-0.39, 0.29) is 28.3 Å². The number of aromatic nitrogens is 1. The highest BCUT2D eigenvalue weighted by molar-refractivity contribution is 6.33. The van der Waals surface area contributed by atoms with Gasteiger partial charge in [0.05, 0.1) is 28.2 Å². The van der Waals surface area contributed by atoms with Gasteiger partial charge in [0.1, 0.15) is 5.69 Å². The number of aromatic amines is 1. The fraction of sp³-hybridized carbons (Fsp3) is 0.273. The van der Waals surface area contributed by atoms with Gasteiger partial charge >= 0.3 is 0 Å². The van der Waals surface area contributed by atoms with Crippen LogP contribution in [0, 0.1) is 23.0 Å². The summed E-state index contributed by atoms with van der Waals surface area (Å²) in [5, 5.41) is 9.23. The van der Waals surface area contributed by atoms with Crippen LogP contribution < -0.4 is 10.3 Å². The average molecular weight is 429 g/mol. The van der Waals surface area contributed by atoms with E-state index < -0.39 is 17.1 Å². The van der Waals surface area contributed by atoms with Crippen molar-refractivity contribution >= 4 is 28.2 Å². The van der Waals surface area contributed by atoms with Gasteiger partial charge < -0.3 is 14.8 Å². The number of hydrogen-bond acceptors (Lipinski definition) is 4. The Bertz CT molecular complexity index is 1250. The molecule has 1 fully saturated rings. The molecule has 1 aliphatic heterocycles. The van der Waals surface area contributed by atoms with Crippen LogP contribution in [0.5, 0.6) is 0 Å². The van der Waals surface area contributed by atoms with Gasteiger partial charge in [0.15, 0.2) is 17.1 Å². The molecule has 1 atom stereocenters. The minimum absolute atomic E-state index is 0.0398. The molecule has 0 aliphatic carbocycles. The monoisotopic (exact) mass is 428 g/mol. The Labute approximate surface area is 177 Å². The fourth-order valence-electron chi connectivity index (χ4n) is 3.94. The normalized spacial score (nSPS) is 16.4. The van der Waals surface area contributed by atoms with E-state index in [0.717, 1.165) is 12.5 Å². The number of nitriles is 1. The Morgan fingerprint density at radius 1 is 1.27 bits per heavy atom. The Hall–Kier alpha value is -2.95. The number of H-pyrrole nitrogens is 1. The van der Waals surface area contributed by atoms with Crippen LogP contribution in [0.4, 0.5) is 14.5 Å².